The second kappa shape index (κ2) is 6.91. The molecule has 110 valence electrons. The molecule has 2 aromatic rings. The van der Waals surface area contributed by atoms with Crippen LogP contribution >= 0.6 is 15.9 Å². The van der Waals surface area contributed by atoms with Crippen LogP contribution in [0.4, 0.5) is 8.78 Å². The molecule has 2 rings (SSSR count). The minimum absolute atomic E-state index is 0.0156. The molecule has 0 spiro atoms. The lowest BCUT2D eigenvalue weighted by Gasteiger charge is -2.17. The summed E-state index contributed by atoms with van der Waals surface area (Å²) in [6.45, 7) is 0.547. The van der Waals surface area contributed by atoms with E-state index in [1.165, 1.54) is 0 Å². The maximum atomic E-state index is 13.5. The van der Waals surface area contributed by atoms with Gasteiger partial charge in [0.2, 0.25) is 0 Å². The first-order valence-electron chi connectivity index (χ1n) is 6.37. The van der Waals surface area contributed by atoms with E-state index in [-0.39, 0.29) is 12.1 Å². The number of carbonyl (C=O) groups excluding carboxylic acids is 1. The van der Waals surface area contributed by atoms with Crippen molar-refractivity contribution in [3.63, 3.8) is 0 Å². The van der Waals surface area contributed by atoms with Gasteiger partial charge in [-0.1, -0.05) is 34.1 Å². The van der Waals surface area contributed by atoms with Crippen molar-refractivity contribution in [1.82, 2.24) is 4.90 Å². The summed E-state index contributed by atoms with van der Waals surface area (Å²) < 4.78 is 27.6. The summed E-state index contributed by atoms with van der Waals surface area (Å²) in [5.41, 5.74) is 0.807. The molecule has 0 atom stereocenters. The molecule has 0 aliphatic rings. The Kier molecular flexibility index (Phi) is 5.20. The average molecular weight is 354 g/mol. The van der Waals surface area contributed by atoms with E-state index in [0.29, 0.717) is 6.54 Å². The van der Waals surface area contributed by atoms with E-state index in [1.807, 2.05) is 24.3 Å². The number of benzene rings is 2. The highest BCUT2D eigenvalue weighted by atomic mass is 79.9. The van der Waals surface area contributed by atoms with Crippen LogP contribution < -0.4 is 0 Å². The number of carbonyl (C=O) groups is 1. The van der Waals surface area contributed by atoms with Crippen molar-refractivity contribution in [3.05, 3.63) is 69.7 Å². The molecule has 0 aliphatic heterocycles. The minimum Gasteiger partial charge on any atom is -0.295 e. The van der Waals surface area contributed by atoms with Crippen LogP contribution in [0.1, 0.15) is 15.9 Å². The summed E-state index contributed by atoms with van der Waals surface area (Å²) in [6.07, 6.45) is 0. The highest BCUT2D eigenvalue weighted by Crippen LogP contribution is 2.18. The summed E-state index contributed by atoms with van der Waals surface area (Å²) in [5, 5.41) is 0. The van der Waals surface area contributed by atoms with Gasteiger partial charge in [0.1, 0.15) is 11.6 Å². The van der Waals surface area contributed by atoms with Gasteiger partial charge in [0.15, 0.2) is 5.78 Å². The molecule has 0 bridgehead atoms. The third kappa shape index (κ3) is 4.19. The molecular weight excluding hydrogens is 340 g/mol. The number of likely N-dealkylation sites (N-methyl/N-ethyl adjacent to an activating group) is 1. The van der Waals surface area contributed by atoms with Crippen molar-refractivity contribution in [3.8, 4) is 0 Å². The van der Waals surface area contributed by atoms with Crippen LogP contribution in [0, 0.1) is 11.6 Å². The fraction of sp³-hybridized carbons (Fsp3) is 0.188. The second-order valence-corrected chi connectivity index (χ2v) is 5.67. The van der Waals surface area contributed by atoms with Crippen molar-refractivity contribution >= 4 is 21.7 Å². The van der Waals surface area contributed by atoms with Gasteiger partial charge in [-0.3, -0.25) is 9.69 Å². The Morgan fingerprint density at radius 3 is 2.62 bits per heavy atom. The van der Waals surface area contributed by atoms with Crippen LogP contribution in [-0.2, 0) is 6.54 Å². The first-order chi connectivity index (χ1) is 9.97. The summed E-state index contributed by atoms with van der Waals surface area (Å²) in [5.74, 6) is -1.76. The van der Waals surface area contributed by atoms with Gasteiger partial charge < -0.3 is 0 Å². The fourth-order valence-electron chi connectivity index (χ4n) is 2.01. The number of halogens is 3. The van der Waals surface area contributed by atoms with Crippen LogP contribution in [0.5, 0.6) is 0 Å². The predicted octanol–water partition coefficient (Wildman–Crippen LogP) is 4.04. The molecule has 21 heavy (non-hydrogen) atoms. The zero-order valence-electron chi connectivity index (χ0n) is 11.4. The third-order valence-corrected chi connectivity index (χ3v) is 3.81. The topological polar surface area (TPSA) is 20.3 Å². The Labute approximate surface area is 130 Å². The zero-order valence-corrected chi connectivity index (χ0v) is 13.0. The van der Waals surface area contributed by atoms with Crippen LogP contribution in [0.15, 0.2) is 46.9 Å². The van der Waals surface area contributed by atoms with Crippen molar-refractivity contribution in [2.24, 2.45) is 0 Å². The lowest BCUT2D eigenvalue weighted by molar-refractivity contribution is 0.0938. The van der Waals surface area contributed by atoms with Crippen molar-refractivity contribution in [1.29, 1.82) is 0 Å². The van der Waals surface area contributed by atoms with E-state index in [4.69, 9.17) is 0 Å². The first-order valence-corrected chi connectivity index (χ1v) is 7.17. The Bertz CT molecular complexity index is 660. The van der Waals surface area contributed by atoms with Gasteiger partial charge in [0.25, 0.3) is 0 Å². The van der Waals surface area contributed by atoms with Crippen LogP contribution in [0.25, 0.3) is 0 Å². The molecule has 2 aromatic carbocycles. The smallest absolute Gasteiger partial charge is 0.179 e. The van der Waals surface area contributed by atoms with Gasteiger partial charge in [-0.2, -0.15) is 0 Å². The molecule has 0 heterocycles. The molecule has 0 fully saturated rings. The highest BCUT2D eigenvalue weighted by Gasteiger charge is 2.15. The largest absolute Gasteiger partial charge is 0.295 e. The Morgan fingerprint density at radius 1 is 1.19 bits per heavy atom. The van der Waals surface area contributed by atoms with Gasteiger partial charge in [-0.05, 0) is 36.9 Å². The lowest BCUT2D eigenvalue weighted by Crippen LogP contribution is -2.26. The van der Waals surface area contributed by atoms with E-state index < -0.39 is 17.4 Å². The molecule has 0 amide bonds. The van der Waals surface area contributed by atoms with E-state index in [2.05, 4.69) is 15.9 Å². The summed E-state index contributed by atoms with van der Waals surface area (Å²) in [6, 6.07) is 10.6. The number of Topliss-reactive ketones (excluding diaryl/α,β-unsaturated/α-hetero) is 1. The normalized spacial score (nSPS) is 10.9. The number of hydrogen-bond donors (Lipinski definition) is 0. The third-order valence-electron chi connectivity index (χ3n) is 3.04. The number of nitrogens with zero attached hydrogens (tertiary/aromatic N) is 1. The molecule has 0 aromatic heterocycles. The molecule has 0 unspecified atom stereocenters. The van der Waals surface area contributed by atoms with Gasteiger partial charge in [0, 0.05) is 11.0 Å². The van der Waals surface area contributed by atoms with E-state index in [1.54, 1.807) is 11.9 Å². The molecule has 0 aliphatic carbocycles. The van der Waals surface area contributed by atoms with E-state index >= 15 is 0 Å². The van der Waals surface area contributed by atoms with Gasteiger partial charge >= 0.3 is 0 Å². The first kappa shape index (κ1) is 15.8. The number of ketones is 1. The van der Waals surface area contributed by atoms with E-state index in [0.717, 1.165) is 28.2 Å². The number of rotatable bonds is 5. The van der Waals surface area contributed by atoms with Crippen LogP contribution in [-0.4, -0.2) is 24.3 Å². The van der Waals surface area contributed by atoms with Crippen LogP contribution in [0.2, 0.25) is 0 Å². The van der Waals surface area contributed by atoms with Crippen molar-refractivity contribution < 1.29 is 13.6 Å². The maximum absolute atomic E-state index is 13.5. The molecule has 0 radical (unpaired) electrons. The predicted molar refractivity (Wildman–Crippen MR) is 81.2 cm³/mol. The molecule has 0 saturated carbocycles. The molecular formula is C16H14BrF2NO. The summed E-state index contributed by atoms with van der Waals surface area (Å²) >= 11 is 3.44. The Hall–Kier alpha value is -1.59. The zero-order chi connectivity index (χ0) is 15.4. The van der Waals surface area contributed by atoms with E-state index in [9.17, 15) is 13.6 Å². The SMILES string of the molecule is CN(CC(=O)c1cc(F)ccc1F)Cc1ccccc1Br. The fourth-order valence-corrected chi connectivity index (χ4v) is 2.42. The monoisotopic (exact) mass is 353 g/mol. The molecule has 0 saturated heterocycles. The number of hydrogen-bond acceptors (Lipinski definition) is 2. The molecule has 2 nitrogen and oxygen atoms in total. The maximum Gasteiger partial charge on any atom is 0.179 e. The van der Waals surface area contributed by atoms with Crippen LogP contribution in [0.3, 0.4) is 0 Å². The quantitative estimate of drug-likeness (QED) is 0.756. The summed E-state index contributed by atoms with van der Waals surface area (Å²) in [7, 11) is 1.76. The lowest BCUT2D eigenvalue weighted by atomic mass is 10.1. The van der Waals surface area contributed by atoms with Crippen molar-refractivity contribution in [2.45, 2.75) is 6.54 Å². The summed E-state index contributed by atoms with van der Waals surface area (Å²) in [4.78, 5) is 13.8. The minimum atomic E-state index is -0.698. The van der Waals surface area contributed by atoms with Gasteiger partial charge in [-0.15, -0.1) is 0 Å². The standard InChI is InChI=1S/C16H14BrF2NO/c1-20(9-11-4-2-3-5-14(11)17)10-16(21)13-8-12(18)6-7-15(13)19/h2-8H,9-10H2,1H3. The molecule has 5 heteroatoms. The Balaban J connectivity index is 2.06. The van der Waals surface area contributed by atoms with Gasteiger partial charge in [-0.25, -0.2) is 8.78 Å². The molecule has 0 N–H and O–H groups in total. The Morgan fingerprint density at radius 2 is 1.90 bits per heavy atom. The second-order valence-electron chi connectivity index (χ2n) is 4.81. The van der Waals surface area contributed by atoms with Crippen molar-refractivity contribution in [2.75, 3.05) is 13.6 Å². The highest BCUT2D eigenvalue weighted by molar-refractivity contribution is 9.10. The van der Waals surface area contributed by atoms with Gasteiger partial charge in [0.05, 0.1) is 12.1 Å². The average Bonchev–Trinajstić information content (AvgIpc) is 2.44.